The summed E-state index contributed by atoms with van der Waals surface area (Å²) in [5.41, 5.74) is -0.878. The predicted molar refractivity (Wildman–Crippen MR) is 75.4 cm³/mol. The molecule has 5 nitrogen and oxygen atoms in total. The first-order valence-electron chi connectivity index (χ1n) is 6.06. The fraction of sp³-hybridized carbons (Fsp3) is 0.462. The predicted octanol–water partition coefficient (Wildman–Crippen LogP) is 2.73. The Labute approximate surface area is 127 Å². The highest BCUT2D eigenvalue weighted by atomic mass is 35.7. The highest BCUT2D eigenvalue weighted by molar-refractivity contribution is 8.13. The van der Waals surface area contributed by atoms with E-state index in [0.717, 1.165) is 18.2 Å². The average Bonchev–Trinajstić information content (AvgIpc) is 2.32. The Morgan fingerprint density at radius 2 is 1.90 bits per heavy atom. The molecule has 0 bridgehead atoms. The lowest BCUT2D eigenvalue weighted by molar-refractivity contribution is -0.0282. The van der Waals surface area contributed by atoms with Crippen LogP contribution in [-0.4, -0.2) is 33.2 Å². The van der Waals surface area contributed by atoms with Crippen LogP contribution in [0.2, 0.25) is 0 Å². The first-order valence-corrected chi connectivity index (χ1v) is 8.37. The van der Waals surface area contributed by atoms with Crippen LogP contribution in [0.15, 0.2) is 23.1 Å². The molecule has 0 heterocycles. The molecule has 0 aliphatic heterocycles. The molecule has 0 spiro atoms. The molecule has 0 fully saturated rings. The molecule has 8 heteroatoms. The van der Waals surface area contributed by atoms with E-state index < -0.39 is 26.4 Å². The Bertz CT molecular complexity index is 622. The molecule has 0 saturated carbocycles. The largest absolute Gasteiger partial charge is 0.460 e. The van der Waals surface area contributed by atoms with Crippen LogP contribution in [0.25, 0.3) is 0 Å². The molecule has 0 radical (unpaired) electrons. The van der Waals surface area contributed by atoms with Gasteiger partial charge in [-0.15, -0.1) is 0 Å². The average molecular weight is 339 g/mol. The Kier molecular flexibility index (Phi) is 5.72. The van der Waals surface area contributed by atoms with Crippen molar-refractivity contribution < 1.29 is 27.1 Å². The molecule has 0 unspecified atom stereocenters. The van der Waals surface area contributed by atoms with Crippen molar-refractivity contribution in [3.63, 3.8) is 0 Å². The fourth-order valence-electron chi connectivity index (χ4n) is 1.37. The third kappa shape index (κ3) is 5.99. The monoisotopic (exact) mass is 338 g/mol. The van der Waals surface area contributed by atoms with Crippen molar-refractivity contribution in [2.24, 2.45) is 0 Å². The van der Waals surface area contributed by atoms with Gasteiger partial charge in [0.25, 0.3) is 9.05 Å². The number of carbonyl (C=O) groups is 1. The minimum Gasteiger partial charge on any atom is -0.460 e. The zero-order valence-electron chi connectivity index (χ0n) is 11.9. The van der Waals surface area contributed by atoms with E-state index in [1.54, 1.807) is 0 Å². The van der Waals surface area contributed by atoms with Gasteiger partial charge >= 0.3 is 5.97 Å². The van der Waals surface area contributed by atoms with Crippen LogP contribution < -0.4 is 0 Å². The second-order valence-corrected chi connectivity index (χ2v) is 7.74. The number of hydrogen-bond donors (Lipinski definition) is 0. The summed E-state index contributed by atoms with van der Waals surface area (Å²) in [5.74, 6) is -1.87. The lowest BCUT2D eigenvalue weighted by Crippen LogP contribution is -2.22. The van der Waals surface area contributed by atoms with Crippen LogP contribution in [0.1, 0.15) is 31.1 Å². The summed E-state index contributed by atoms with van der Waals surface area (Å²) in [4.78, 5) is 11.3. The molecular formula is C13H16ClFO5S. The normalized spacial score (nSPS) is 12.2. The van der Waals surface area contributed by atoms with Crippen LogP contribution >= 0.6 is 10.7 Å². The molecule has 0 aliphatic rings. The second kappa shape index (κ2) is 6.72. The molecule has 118 valence electrons. The van der Waals surface area contributed by atoms with Gasteiger partial charge in [-0.25, -0.2) is 17.6 Å². The molecule has 0 aromatic heterocycles. The first-order chi connectivity index (χ1) is 9.50. The van der Waals surface area contributed by atoms with Crippen molar-refractivity contribution >= 4 is 25.7 Å². The molecule has 0 atom stereocenters. The van der Waals surface area contributed by atoms with Gasteiger partial charge < -0.3 is 9.47 Å². The minimum atomic E-state index is -4.05. The van der Waals surface area contributed by atoms with Gasteiger partial charge in [0.1, 0.15) is 12.4 Å². The number of benzene rings is 1. The molecule has 0 aliphatic carbocycles. The van der Waals surface area contributed by atoms with Crippen molar-refractivity contribution in [3.05, 3.63) is 29.6 Å². The highest BCUT2D eigenvalue weighted by Crippen LogP contribution is 2.19. The molecule has 1 rings (SSSR count). The van der Waals surface area contributed by atoms with Gasteiger partial charge in [-0.05, 0) is 39.0 Å². The van der Waals surface area contributed by atoms with Crippen molar-refractivity contribution in [1.29, 1.82) is 0 Å². The van der Waals surface area contributed by atoms with Crippen molar-refractivity contribution in [3.8, 4) is 0 Å². The van der Waals surface area contributed by atoms with Crippen molar-refractivity contribution in [1.82, 2.24) is 0 Å². The van der Waals surface area contributed by atoms with E-state index in [1.165, 1.54) is 0 Å². The number of hydrogen-bond acceptors (Lipinski definition) is 5. The van der Waals surface area contributed by atoms with E-state index in [4.69, 9.17) is 20.2 Å². The second-order valence-electron chi connectivity index (χ2n) is 5.18. The van der Waals surface area contributed by atoms with E-state index in [1.807, 2.05) is 20.8 Å². The standard InChI is InChI=1S/C13H16ClFO5S/c1-13(2,3)20-7-6-19-12(16)10-8-9(21(14,17)18)4-5-11(10)15/h4-5,8H,6-7H2,1-3H3. The minimum absolute atomic E-state index is 0.0760. The third-order valence-corrected chi connectivity index (χ3v) is 3.64. The Morgan fingerprint density at radius 3 is 2.43 bits per heavy atom. The quantitative estimate of drug-likeness (QED) is 0.469. The van der Waals surface area contributed by atoms with Crippen molar-refractivity contribution in [2.75, 3.05) is 13.2 Å². The summed E-state index contributed by atoms with van der Waals surface area (Å²) in [6.07, 6.45) is 0. The number of ether oxygens (including phenoxy) is 2. The number of halogens is 2. The summed E-state index contributed by atoms with van der Waals surface area (Å²) in [7, 11) is 1.10. The summed E-state index contributed by atoms with van der Waals surface area (Å²) < 4.78 is 46.0. The maximum Gasteiger partial charge on any atom is 0.341 e. The van der Waals surface area contributed by atoms with Gasteiger partial charge in [0.2, 0.25) is 0 Å². The molecule has 0 N–H and O–H groups in total. The maximum absolute atomic E-state index is 13.5. The van der Waals surface area contributed by atoms with E-state index in [9.17, 15) is 17.6 Å². The molecule has 0 amide bonds. The topological polar surface area (TPSA) is 69.7 Å². The number of rotatable bonds is 5. The lowest BCUT2D eigenvalue weighted by atomic mass is 10.2. The zero-order chi connectivity index (χ0) is 16.3. The maximum atomic E-state index is 13.5. The molecular weight excluding hydrogens is 323 g/mol. The van der Waals surface area contributed by atoms with E-state index >= 15 is 0 Å². The summed E-state index contributed by atoms with van der Waals surface area (Å²) in [6, 6.07) is 2.65. The molecule has 1 aromatic carbocycles. The van der Waals surface area contributed by atoms with Gasteiger partial charge in [-0.3, -0.25) is 0 Å². The van der Waals surface area contributed by atoms with Gasteiger partial charge in [0, 0.05) is 10.7 Å². The number of esters is 1. The van der Waals surface area contributed by atoms with Crippen LogP contribution in [-0.2, 0) is 18.5 Å². The van der Waals surface area contributed by atoms with E-state index in [0.29, 0.717) is 0 Å². The Morgan fingerprint density at radius 1 is 1.29 bits per heavy atom. The van der Waals surface area contributed by atoms with Crippen LogP contribution in [0.5, 0.6) is 0 Å². The summed E-state index contributed by atoms with van der Waals surface area (Å²) in [6.45, 7) is 5.58. The molecule has 0 saturated heterocycles. The molecule has 1 aromatic rings. The smallest absolute Gasteiger partial charge is 0.341 e. The van der Waals surface area contributed by atoms with Crippen LogP contribution in [0.4, 0.5) is 4.39 Å². The van der Waals surface area contributed by atoms with E-state index in [2.05, 4.69) is 0 Å². The first kappa shape index (κ1) is 17.9. The summed E-state index contributed by atoms with van der Waals surface area (Å²) >= 11 is 0. The molecule has 21 heavy (non-hydrogen) atoms. The zero-order valence-corrected chi connectivity index (χ0v) is 13.4. The van der Waals surface area contributed by atoms with Gasteiger partial charge in [0.15, 0.2) is 0 Å². The SMILES string of the molecule is CC(C)(C)OCCOC(=O)c1cc(S(=O)(=O)Cl)ccc1F. The number of carbonyl (C=O) groups excluding carboxylic acids is 1. The summed E-state index contributed by atoms with van der Waals surface area (Å²) in [5, 5.41) is 0. The van der Waals surface area contributed by atoms with Gasteiger partial charge in [0.05, 0.1) is 22.7 Å². The lowest BCUT2D eigenvalue weighted by Gasteiger charge is -2.19. The fourth-order valence-corrected chi connectivity index (χ4v) is 2.15. The Balaban J connectivity index is 2.74. The van der Waals surface area contributed by atoms with Gasteiger partial charge in [-0.2, -0.15) is 0 Å². The van der Waals surface area contributed by atoms with Gasteiger partial charge in [-0.1, -0.05) is 0 Å². The van der Waals surface area contributed by atoms with Crippen LogP contribution in [0.3, 0.4) is 0 Å². The van der Waals surface area contributed by atoms with Crippen LogP contribution in [0, 0.1) is 5.82 Å². The third-order valence-electron chi connectivity index (χ3n) is 2.29. The highest BCUT2D eigenvalue weighted by Gasteiger charge is 2.19. The Hall–Kier alpha value is -1.18. The van der Waals surface area contributed by atoms with E-state index in [-0.39, 0.29) is 23.7 Å². The van der Waals surface area contributed by atoms with Crippen molar-refractivity contribution in [2.45, 2.75) is 31.3 Å².